The van der Waals surface area contributed by atoms with Crippen LogP contribution in [0, 0.1) is 64.1 Å². The molecule has 0 radical (unpaired) electrons. The van der Waals surface area contributed by atoms with E-state index in [1.165, 1.54) is 12.2 Å². The third-order valence-electron chi connectivity index (χ3n) is 11.2. The Kier molecular flexibility index (Phi) is 7.08. The maximum absolute atomic E-state index is 14.2. The number of nitrogens with zero attached hydrogens (tertiary/aromatic N) is 3. The van der Waals surface area contributed by atoms with Crippen LogP contribution in [0.5, 0.6) is 0 Å². The van der Waals surface area contributed by atoms with Crippen LogP contribution in [0.15, 0.2) is 23.8 Å². The molecule has 43 heavy (non-hydrogen) atoms. The number of hydrogen-bond donors (Lipinski definition) is 1. The summed E-state index contributed by atoms with van der Waals surface area (Å²) < 4.78 is 6.11. The quantitative estimate of drug-likeness (QED) is 0.177. The molecule has 5 aliphatic rings. The first-order chi connectivity index (χ1) is 19.8. The molecule has 4 unspecified atom stereocenters. The van der Waals surface area contributed by atoms with E-state index in [2.05, 4.69) is 0 Å². The number of halogens is 1. The molecule has 0 spiro atoms. The number of quaternary nitrogens is 1. The van der Waals surface area contributed by atoms with Crippen LogP contribution >= 0.6 is 11.6 Å². The molecular weight excluding hydrogens is 596 g/mol. The van der Waals surface area contributed by atoms with Gasteiger partial charge in [0.25, 0.3) is 21.0 Å². The van der Waals surface area contributed by atoms with E-state index >= 15 is 0 Å². The Morgan fingerprint density at radius 1 is 1.09 bits per heavy atom. The number of carbonyl (C=O) groups excluding carboxylic acids is 1. The molecule has 4 aliphatic carbocycles. The summed E-state index contributed by atoms with van der Waals surface area (Å²) in [7, 11) is 0. The Balaban J connectivity index is 1.76. The minimum absolute atomic E-state index is 0.212. The standard InChI is InChI=1S/C26H35ClN4O12/c1-15-10-19-18-7-6-16-11-17(32)8-9-22(16,4)25(18,27)20(42-30(36)37)12-23(19,5)26(15,43-31(38)39)24(14-41-29(34)35)28(33)21(2,3)13-40-24/h8-9,11,15,18-20,28H,6-7,10,12-14H2,1-5H3/t15-,18?,19?,20-,22-,23-,24?,25-,26+/m0/s1. The summed E-state index contributed by atoms with van der Waals surface area (Å²) in [4.78, 5) is 62.2. The summed E-state index contributed by atoms with van der Waals surface area (Å²) in [5.41, 5.74) is -7.59. The van der Waals surface area contributed by atoms with Gasteiger partial charge >= 0.3 is 0 Å². The van der Waals surface area contributed by atoms with Crippen molar-refractivity contribution in [3.63, 3.8) is 0 Å². The molecule has 0 aromatic rings. The van der Waals surface area contributed by atoms with Gasteiger partial charge in [-0.15, -0.1) is 41.9 Å². The monoisotopic (exact) mass is 630 g/mol. The first-order valence-electron chi connectivity index (χ1n) is 14.1. The molecule has 238 valence electrons. The molecule has 16 nitrogen and oxygen atoms in total. The summed E-state index contributed by atoms with van der Waals surface area (Å²) in [5, 5.41) is 46.1. The number of allylic oxidation sites excluding steroid dienone is 4. The number of fused-ring (bicyclic) bond motifs is 5. The van der Waals surface area contributed by atoms with Crippen LogP contribution in [-0.2, 0) is 24.0 Å². The molecule has 0 bridgehead atoms. The van der Waals surface area contributed by atoms with Gasteiger partial charge in [-0.3, -0.25) is 9.63 Å². The molecule has 5 rings (SSSR count). The minimum Gasteiger partial charge on any atom is -0.632 e. The van der Waals surface area contributed by atoms with Crippen LogP contribution in [-0.4, -0.2) is 62.1 Å². The number of ether oxygens (including phenoxy) is 1. The fraction of sp³-hybridized carbons (Fsp3) is 0.808. The second-order valence-corrected chi connectivity index (χ2v) is 14.2. The van der Waals surface area contributed by atoms with Gasteiger partial charge in [0.1, 0.15) is 18.2 Å². The Labute approximate surface area is 251 Å². The average molecular weight is 631 g/mol. The summed E-state index contributed by atoms with van der Waals surface area (Å²) in [6.45, 7) is 6.94. The second-order valence-electron chi connectivity index (χ2n) is 13.6. The van der Waals surface area contributed by atoms with E-state index in [0.29, 0.717) is 18.4 Å². The Morgan fingerprint density at radius 2 is 1.77 bits per heavy atom. The molecule has 1 aliphatic heterocycles. The fourth-order valence-electron chi connectivity index (χ4n) is 9.57. The maximum atomic E-state index is 14.2. The van der Waals surface area contributed by atoms with E-state index in [1.54, 1.807) is 40.7 Å². The lowest BCUT2D eigenvalue weighted by atomic mass is 9.45. The molecule has 0 aromatic heterocycles. The normalized spacial score (nSPS) is 46.2. The second kappa shape index (κ2) is 9.71. The Bertz CT molecular complexity index is 1330. The minimum atomic E-state index is -2.33. The zero-order valence-electron chi connectivity index (χ0n) is 24.4. The number of hydroxylamine groups is 2. The summed E-state index contributed by atoms with van der Waals surface area (Å²) >= 11 is 7.58. The van der Waals surface area contributed by atoms with Crippen molar-refractivity contribution in [2.75, 3.05) is 13.2 Å². The molecule has 1 saturated heterocycles. The van der Waals surface area contributed by atoms with Gasteiger partial charge in [0.15, 0.2) is 12.4 Å². The zero-order chi connectivity index (χ0) is 32.0. The lowest BCUT2D eigenvalue weighted by Gasteiger charge is -2.65. The number of rotatable bonds is 8. The molecule has 10 atom stereocenters. The van der Waals surface area contributed by atoms with Gasteiger partial charge in [0.2, 0.25) is 5.60 Å². The Morgan fingerprint density at radius 3 is 2.33 bits per heavy atom. The van der Waals surface area contributed by atoms with Gasteiger partial charge in [-0.25, -0.2) is 0 Å². The van der Waals surface area contributed by atoms with Crippen molar-refractivity contribution >= 4 is 17.4 Å². The van der Waals surface area contributed by atoms with Crippen LogP contribution in [0.4, 0.5) is 0 Å². The molecular formula is C26H35ClN4O12. The SMILES string of the molecule is C[C@H]1CC2C3CCC4=CC(=O)C=C[C@]4(C)[C@@]3(Cl)[C@@H](O[N+](=O)[O-])C[C@]2(C)[C@@]1(O[N+](=O)[O-])C1(CO[N+](=O)[O-])OCC(C)(C)[NH+]1[O-]. The van der Waals surface area contributed by atoms with Crippen molar-refractivity contribution < 1.29 is 44.4 Å². The van der Waals surface area contributed by atoms with Crippen molar-refractivity contribution in [2.45, 2.75) is 88.1 Å². The fourth-order valence-corrected chi connectivity index (χ4v) is 10.1. The van der Waals surface area contributed by atoms with Crippen molar-refractivity contribution in [3.8, 4) is 0 Å². The number of alkyl halides is 1. The predicted molar refractivity (Wildman–Crippen MR) is 144 cm³/mol. The van der Waals surface area contributed by atoms with Crippen molar-refractivity contribution in [3.05, 3.63) is 59.4 Å². The maximum Gasteiger partial charge on any atom is 0.295 e. The predicted octanol–water partition coefficient (Wildman–Crippen LogP) is 2.13. The van der Waals surface area contributed by atoms with Gasteiger partial charge < -0.3 is 24.7 Å². The lowest BCUT2D eigenvalue weighted by molar-refractivity contribution is -0.980. The summed E-state index contributed by atoms with van der Waals surface area (Å²) in [5.74, 6) is -2.22. The van der Waals surface area contributed by atoms with Gasteiger partial charge in [-0.05, 0) is 69.4 Å². The van der Waals surface area contributed by atoms with E-state index in [-0.39, 0.29) is 25.2 Å². The average Bonchev–Trinajstić information content (AvgIpc) is 3.26. The van der Waals surface area contributed by atoms with Crippen LogP contribution < -0.4 is 5.06 Å². The van der Waals surface area contributed by atoms with Gasteiger partial charge in [-0.2, -0.15) is 0 Å². The van der Waals surface area contributed by atoms with Crippen molar-refractivity contribution in [2.24, 2.45) is 28.6 Å². The molecule has 1 N–H and O–H groups in total. The van der Waals surface area contributed by atoms with E-state index in [1.807, 2.05) is 0 Å². The number of nitrogens with one attached hydrogen (secondary N) is 1. The highest BCUT2D eigenvalue weighted by Gasteiger charge is 2.84. The van der Waals surface area contributed by atoms with Crippen LogP contribution in [0.2, 0.25) is 0 Å². The van der Waals surface area contributed by atoms with Gasteiger partial charge in [0.05, 0.1) is 4.87 Å². The summed E-state index contributed by atoms with van der Waals surface area (Å²) in [6, 6.07) is 0. The van der Waals surface area contributed by atoms with Gasteiger partial charge in [-0.1, -0.05) is 32.4 Å². The number of carbonyl (C=O) groups is 1. The van der Waals surface area contributed by atoms with Crippen LogP contribution in [0.3, 0.4) is 0 Å². The number of ketones is 1. The lowest BCUT2D eigenvalue weighted by Crippen LogP contribution is -3.24. The highest BCUT2D eigenvalue weighted by atomic mass is 35.5. The molecule has 1 heterocycles. The van der Waals surface area contributed by atoms with E-state index in [4.69, 9.17) is 30.9 Å². The van der Waals surface area contributed by atoms with Crippen LogP contribution in [0.1, 0.15) is 60.3 Å². The molecule has 0 amide bonds. The highest BCUT2D eigenvalue weighted by molar-refractivity contribution is 6.26. The number of hydrogen-bond acceptors (Lipinski definition) is 12. The van der Waals surface area contributed by atoms with Crippen molar-refractivity contribution in [1.29, 1.82) is 0 Å². The molecule has 17 heteroatoms. The van der Waals surface area contributed by atoms with Crippen molar-refractivity contribution in [1.82, 2.24) is 0 Å². The van der Waals surface area contributed by atoms with E-state index < -0.39 is 83.4 Å². The smallest absolute Gasteiger partial charge is 0.295 e. The van der Waals surface area contributed by atoms with E-state index in [0.717, 1.165) is 0 Å². The first-order valence-corrected chi connectivity index (χ1v) is 14.4. The van der Waals surface area contributed by atoms with E-state index in [9.17, 15) is 40.3 Å². The molecule has 3 saturated carbocycles. The first kappa shape index (κ1) is 31.3. The third kappa shape index (κ3) is 3.95. The zero-order valence-corrected chi connectivity index (χ0v) is 25.2. The molecule has 0 aromatic carbocycles. The van der Waals surface area contributed by atoms with Gasteiger partial charge in [0, 0.05) is 10.8 Å². The largest absolute Gasteiger partial charge is 0.632 e. The highest BCUT2D eigenvalue weighted by Crippen LogP contribution is 2.74. The third-order valence-corrected chi connectivity index (χ3v) is 12.1. The van der Waals surface area contributed by atoms with Crippen LogP contribution in [0.25, 0.3) is 0 Å². The Hall–Kier alpha value is -3.08. The topological polar surface area (TPSA) is 211 Å². The molecule has 4 fully saturated rings. The summed E-state index contributed by atoms with van der Waals surface area (Å²) in [6.07, 6.45) is 3.75.